The summed E-state index contributed by atoms with van der Waals surface area (Å²) in [5, 5.41) is 3.53. The Labute approximate surface area is 144 Å². The van der Waals surface area contributed by atoms with Crippen LogP contribution in [0.5, 0.6) is 5.75 Å². The molecule has 1 aromatic rings. The van der Waals surface area contributed by atoms with Gasteiger partial charge in [0, 0.05) is 18.1 Å². The maximum Gasteiger partial charge on any atom is 0.240 e. The Morgan fingerprint density at radius 2 is 1.65 bits per heavy atom. The largest absolute Gasteiger partial charge is 0.496 e. The smallest absolute Gasteiger partial charge is 0.240 e. The normalized spacial score (nSPS) is 26.7. The van der Waals surface area contributed by atoms with Gasteiger partial charge in [-0.3, -0.25) is 0 Å². The van der Waals surface area contributed by atoms with E-state index in [1.54, 1.807) is 19.2 Å². The van der Waals surface area contributed by atoms with E-state index in [4.69, 9.17) is 4.74 Å². The van der Waals surface area contributed by atoms with Crippen molar-refractivity contribution in [1.82, 2.24) is 10.0 Å². The summed E-state index contributed by atoms with van der Waals surface area (Å²) in [5.74, 6) is 0.749. The molecule has 2 saturated heterocycles. The first-order chi connectivity index (χ1) is 10.4. The Kier molecular flexibility index (Phi) is 5.61. The van der Waals surface area contributed by atoms with Crippen LogP contribution in [-0.4, -0.2) is 33.7 Å². The lowest BCUT2D eigenvalue weighted by Crippen LogP contribution is -2.47. The highest BCUT2D eigenvalue weighted by molar-refractivity contribution is 7.89. The van der Waals surface area contributed by atoms with Crippen molar-refractivity contribution < 1.29 is 13.2 Å². The van der Waals surface area contributed by atoms with Crippen LogP contribution in [0.1, 0.15) is 36.8 Å². The average molecular weight is 361 g/mol. The van der Waals surface area contributed by atoms with Gasteiger partial charge in [-0.25, -0.2) is 13.1 Å². The zero-order chi connectivity index (χ0) is 15.9. The van der Waals surface area contributed by atoms with E-state index in [0.717, 1.165) is 42.6 Å². The van der Waals surface area contributed by atoms with E-state index in [1.807, 2.05) is 13.8 Å². The molecule has 7 heteroatoms. The number of hydrogen-bond donors (Lipinski definition) is 2. The molecule has 2 aliphatic heterocycles. The van der Waals surface area contributed by atoms with Gasteiger partial charge in [-0.15, -0.1) is 12.4 Å². The third kappa shape index (κ3) is 3.82. The fourth-order valence-corrected chi connectivity index (χ4v) is 5.26. The van der Waals surface area contributed by atoms with Gasteiger partial charge in [-0.05, 0) is 62.8 Å². The monoisotopic (exact) mass is 360 g/mol. The summed E-state index contributed by atoms with van der Waals surface area (Å²) in [5.41, 5.74) is 1.68. The van der Waals surface area contributed by atoms with E-state index in [0.29, 0.717) is 17.0 Å². The van der Waals surface area contributed by atoms with Crippen LogP contribution in [0.4, 0.5) is 0 Å². The fraction of sp³-hybridized carbons (Fsp3) is 0.625. The molecule has 2 heterocycles. The van der Waals surface area contributed by atoms with Crippen LogP contribution in [0, 0.1) is 13.8 Å². The molecule has 23 heavy (non-hydrogen) atoms. The average Bonchev–Trinajstić information content (AvgIpc) is 2.77. The molecule has 0 saturated carbocycles. The van der Waals surface area contributed by atoms with E-state index < -0.39 is 10.0 Å². The molecule has 1 aromatic carbocycles. The molecule has 2 aliphatic rings. The molecule has 0 radical (unpaired) electrons. The van der Waals surface area contributed by atoms with Crippen LogP contribution in [0.2, 0.25) is 0 Å². The Bertz CT molecular complexity index is 643. The second-order valence-corrected chi connectivity index (χ2v) is 8.23. The fourth-order valence-electron chi connectivity index (χ4n) is 3.83. The molecule has 0 aliphatic carbocycles. The molecule has 2 N–H and O–H groups in total. The number of halogens is 1. The highest BCUT2D eigenvalue weighted by Crippen LogP contribution is 2.29. The zero-order valence-electron chi connectivity index (χ0n) is 13.8. The number of methoxy groups -OCH3 is 1. The number of fused-ring (bicyclic) bond motifs is 2. The van der Waals surface area contributed by atoms with Gasteiger partial charge in [-0.2, -0.15) is 0 Å². The van der Waals surface area contributed by atoms with Crippen LogP contribution >= 0.6 is 12.4 Å². The predicted octanol–water partition coefficient (Wildman–Crippen LogP) is 2.30. The zero-order valence-corrected chi connectivity index (χ0v) is 15.4. The van der Waals surface area contributed by atoms with Crippen molar-refractivity contribution in [3.63, 3.8) is 0 Å². The van der Waals surface area contributed by atoms with Crippen molar-refractivity contribution in [3.8, 4) is 5.75 Å². The van der Waals surface area contributed by atoms with Crippen molar-refractivity contribution in [2.75, 3.05) is 7.11 Å². The van der Waals surface area contributed by atoms with Crippen molar-refractivity contribution >= 4 is 22.4 Å². The molecule has 2 bridgehead atoms. The highest BCUT2D eigenvalue weighted by Gasteiger charge is 2.35. The number of nitrogens with one attached hydrogen (secondary N) is 2. The second-order valence-electron chi connectivity index (χ2n) is 6.52. The Balaban J connectivity index is 0.00000192. The van der Waals surface area contributed by atoms with Crippen molar-refractivity contribution in [3.05, 3.63) is 23.3 Å². The minimum absolute atomic E-state index is 0. The Morgan fingerprint density at radius 3 is 2.13 bits per heavy atom. The first kappa shape index (κ1) is 18.5. The molecule has 2 unspecified atom stereocenters. The molecule has 130 valence electrons. The minimum atomic E-state index is -3.48. The van der Waals surface area contributed by atoms with Gasteiger partial charge in [0.2, 0.25) is 10.0 Å². The Morgan fingerprint density at radius 1 is 1.13 bits per heavy atom. The number of piperidine rings is 1. The summed E-state index contributed by atoms with van der Waals surface area (Å²) in [6.07, 6.45) is 4.07. The number of benzene rings is 1. The standard InChI is InChI=1S/C16H24N2O3S.ClH/c1-10-6-15(7-11(2)16(10)21-3)22(19,20)18-14-8-12-4-5-13(9-14)17-12;/h6-7,12-14,17-18H,4-5,8-9H2,1-3H3;1H. The molecule has 5 nitrogen and oxygen atoms in total. The van der Waals surface area contributed by atoms with Crippen LogP contribution in [0.25, 0.3) is 0 Å². The van der Waals surface area contributed by atoms with Crippen LogP contribution in [-0.2, 0) is 10.0 Å². The lowest BCUT2D eigenvalue weighted by atomic mass is 10.0. The molecule has 2 atom stereocenters. The molecular formula is C16H25ClN2O3S. The third-order valence-electron chi connectivity index (χ3n) is 4.74. The summed E-state index contributed by atoms with van der Waals surface area (Å²) in [6.45, 7) is 3.74. The highest BCUT2D eigenvalue weighted by atomic mass is 35.5. The van der Waals surface area contributed by atoms with Crippen molar-refractivity contribution in [2.24, 2.45) is 0 Å². The number of sulfonamides is 1. The number of rotatable bonds is 4. The summed E-state index contributed by atoms with van der Waals surface area (Å²) >= 11 is 0. The maximum atomic E-state index is 12.7. The minimum Gasteiger partial charge on any atom is -0.496 e. The number of ether oxygens (including phenoxy) is 1. The quantitative estimate of drug-likeness (QED) is 0.864. The molecule has 0 aromatic heterocycles. The van der Waals surface area contributed by atoms with Crippen LogP contribution in [0.3, 0.4) is 0 Å². The Hall–Kier alpha value is -0.820. The molecule has 3 rings (SSSR count). The van der Waals surface area contributed by atoms with Crippen molar-refractivity contribution in [2.45, 2.75) is 62.6 Å². The number of hydrogen-bond acceptors (Lipinski definition) is 4. The van der Waals surface area contributed by atoms with Gasteiger partial charge < -0.3 is 10.1 Å². The van der Waals surface area contributed by atoms with Gasteiger partial charge >= 0.3 is 0 Å². The first-order valence-electron chi connectivity index (χ1n) is 7.82. The topological polar surface area (TPSA) is 67.4 Å². The van der Waals surface area contributed by atoms with Crippen LogP contribution in [0.15, 0.2) is 17.0 Å². The maximum absolute atomic E-state index is 12.7. The molecule has 0 amide bonds. The SMILES string of the molecule is COc1c(C)cc(S(=O)(=O)NC2CC3CCC(C2)N3)cc1C.Cl. The number of aryl methyl sites for hydroxylation is 2. The van der Waals surface area contributed by atoms with Gasteiger partial charge in [0.15, 0.2) is 0 Å². The van der Waals surface area contributed by atoms with Gasteiger partial charge in [0.25, 0.3) is 0 Å². The third-order valence-corrected chi connectivity index (χ3v) is 6.24. The van der Waals surface area contributed by atoms with Gasteiger partial charge in [0.05, 0.1) is 12.0 Å². The molecular weight excluding hydrogens is 336 g/mol. The molecule has 0 spiro atoms. The lowest BCUT2D eigenvalue weighted by molar-refractivity contribution is 0.345. The summed E-state index contributed by atoms with van der Waals surface area (Å²) in [6, 6.07) is 4.33. The van der Waals surface area contributed by atoms with Gasteiger partial charge in [-0.1, -0.05) is 0 Å². The van der Waals surface area contributed by atoms with E-state index in [-0.39, 0.29) is 18.4 Å². The van der Waals surface area contributed by atoms with E-state index in [9.17, 15) is 8.42 Å². The van der Waals surface area contributed by atoms with Gasteiger partial charge in [0.1, 0.15) is 5.75 Å². The second kappa shape index (κ2) is 6.97. The van der Waals surface area contributed by atoms with E-state index in [2.05, 4.69) is 10.0 Å². The van der Waals surface area contributed by atoms with Crippen LogP contribution < -0.4 is 14.8 Å². The summed E-state index contributed by atoms with van der Waals surface area (Å²) in [7, 11) is -1.88. The predicted molar refractivity (Wildman–Crippen MR) is 93.0 cm³/mol. The summed E-state index contributed by atoms with van der Waals surface area (Å²) < 4.78 is 33.5. The first-order valence-corrected chi connectivity index (χ1v) is 9.31. The van der Waals surface area contributed by atoms with Crippen molar-refractivity contribution in [1.29, 1.82) is 0 Å². The van der Waals surface area contributed by atoms with E-state index >= 15 is 0 Å². The van der Waals surface area contributed by atoms with E-state index in [1.165, 1.54) is 0 Å². The lowest BCUT2D eigenvalue weighted by Gasteiger charge is -2.29. The molecule has 2 fully saturated rings. The summed E-state index contributed by atoms with van der Waals surface area (Å²) in [4.78, 5) is 0.328.